The summed E-state index contributed by atoms with van der Waals surface area (Å²) in [5.74, 6) is -3.38. The van der Waals surface area contributed by atoms with Gasteiger partial charge in [0, 0.05) is 19.3 Å². The van der Waals surface area contributed by atoms with Gasteiger partial charge in [-0.25, -0.2) is 4.79 Å². The first-order valence-electron chi connectivity index (χ1n) is 30.8. The molecule has 0 spiro atoms. The smallest absolute Gasteiger partial charge is 0.335 e. The minimum Gasteiger partial charge on any atom is -0.479 e. The van der Waals surface area contributed by atoms with Crippen LogP contribution in [0.5, 0.6) is 0 Å². The van der Waals surface area contributed by atoms with Crippen molar-refractivity contribution >= 4 is 23.9 Å². The number of aliphatic hydroxyl groups excluding tert-OH is 2. The van der Waals surface area contributed by atoms with Crippen LogP contribution in [0, 0.1) is 0 Å². The fourth-order valence-corrected chi connectivity index (χ4v) is 7.89. The molecule has 12 nitrogen and oxygen atoms in total. The summed E-state index contributed by atoms with van der Waals surface area (Å²) >= 11 is 0. The number of carbonyl (C=O) groups is 4. The molecular weight excluding hydrogens is 1040 g/mol. The topological polar surface area (TPSA) is 175 Å². The molecule has 1 saturated heterocycles. The van der Waals surface area contributed by atoms with Gasteiger partial charge in [0.25, 0.3) is 0 Å². The molecule has 1 rings (SSSR count). The van der Waals surface area contributed by atoms with Crippen molar-refractivity contribution in [2.24, 2.45) is 0 Å². The minimum atomic E-state index is -1.94. The maximum atomic E-state index is 13.2. The van der Waals surface area contributed by atoms with E-state index in [4.69, 9.17) is 23.7 Å². The summed E-state index contributed by atoms with van der Waals surface area (Å²) in [5.41, 5.74) is 0. The second kappa shape index (κ2) is 56.3. The van der Waals surface area contributed by atoms with E-state index in [1.54, 1.807) is 0 Å². The van der Waals surface area contributed by atoms with Crippen molar-refractivity contribution in [1.82, 2.24) is 0 Å². The third-order valence-electron chi connectivity index (χ3n) is 12.5. The fourth-order valence-electron chi connectivity index (χ4n) is 7.89. The first-order chi connectivity index (χ1) is 40.6. The minimum absolute atomic E-state index is 0.00669. The number of aliphatic carboxylic acids is 1. The lowest BCUT2D eigenvalue weighted by molar-refractivity contribution is -0.301. The second-order valence-electron chi connectivity index (χ2n) is 19.8. The van der Waals surface area contributed by atoms with Crippen molar-refractivity contribution in [2.75, 3.05) is 13.2 Å². The Kier molecular flexibility index (Phi) is 50.8. The van der Waals surface area contributed by atoms with Crippen molar-refractivity contribution in [1.29, 1.82) is 0 Å². The van der Waals surface area contributed by atoms with Crippen molar-refractivity contribution < 1.29 is 58.2 Å². The highest BCUT2D eigenvalue weighted by Crippen LogP contribution is 2.26. The van der Waals surface area contributed by atoms with Crippen molar-refractivity contribution in [3.63, 3.8) is 0 Å². The van der Waals surface area contributed by atoms with E-state index < -0.39 is 73.9 Å². The van der Waals surface area contributed by atoms with Gasteiger partial charge in [0.15, 0.2) is 24.6 Å². The summed E-state index contributed by atoms with van der Waals surface area (Å²) in [7, 11) is 0. The average molecular weight is 1150 g/mol. The molecule has 0 radical (unpaired) electrons. The predicted octanol–water partition coefficient (Wildman–Crippen LogP) is 16.4. The Morgan fingerprint density at radius 1 is 0.398 bits per heavy atom. The van der Waals surface area contributed by atoms with Gasteiger partial charge >= 0.3 is 23.9 Å². The Balaban J connectivity index is 2.80. The van der Waals surface area contributed by atoms with Crippen LogP contribution in [0.4, 0.5) is 0 Å². The van der Waals surface area contributed by atoms with Gasteiger partial charge in [-0.15, -0.1) is 0 Å². The SMILES string of the molecule is CC/C=C\C/C=C\C/C=C\C/C=C\C/C=C\C/C=C\CCC(=O)OCC(COC1OC(C(=O)O)C(O)C(O)C1OC(=O)CCCCCC/C=C\C/C=C\C/C=C\C/C=C\CC)OC(=O)CCC/C=C\C/C=C\C/C=C\C/C=C\C/C=C\CC. The number of ether oxygens (including phenoxy) is 5. The van der Waals surface area contributed by atoms with Crippen LogP contribution in [-0.4, -0.2) is 89.2 Å². The largest absolute Gasteiger partial charge is 0.479 e. The fraction of sp³-hybridized carbons (Fsp3) is 0.521. The van der Waals surface area contributed by atoms with Crippen LogP contribution in [0.25, 0.3) is 0 Å². The summed E-state index contributed by atoms with van der Waals surface area (Å²) in [6.45, 7) is 5.51. The molecule has 0 saturated carbocycles. The molecule has 1 heterocycles. The molecular formula is C71H104O12. The normalized spacial score (nSPS) is 18.9. The number of hydrogen-bond acceptors (Lipinski definition) is 11. The van der Waals surface area contributed by atoms with E-state index in [1.807, 2.05) is 24.3 Å². The Morgan fingerprint density at radius 2 is 0.759 bits per heavy atom. The van der Waals surface area contributed by atoms with Gasteiger partial charge < -0.3 is 39.0 Å². The monoisotopic (exact) mass is 1150 g/mol. The number of rotatable bonds is 49. The highest BCUT2D eigenvalue weighted by molar-refractivity contribution is 5.74. The van der Waals surface area contributed by atoms with Crippen molar-refractivity contribution in [2.45, 2.75) is 225 Å². The molecule has 12 heteroatoms. The number of hydrogen-bond donors (Lipinski definition) is 3. The molecule has 0 bridgehead atoms. The molecule has 460 valence electrons. The van der Waals surface area contributed by atoms with E-state index in [-0.39, 0.29) is 19.3 Å². The van der Waals surface area contributed by atoms with E-state index in [1.165, 1.54) is 0 Å². The first-order valence-corrected chi connectivity index (χ1v) is 30.8. The molecule has 0 amide bonds. The van der Waals surface area contributed by atoms with Gasteiger partial charge in [-0.1, -0.05) is 216 Å². The zero-order valence-corrected chi connectivity index (χ0v) is 50.6. The third kappa shape index (κ3) is 46.0. The van der Waals surface area contributed by atoms with Gasteiger partial charge in [0.1, 0.15) is 18.8 Å². The Hall–Kier alpha value is -6.18. The molecule has 3 N–H and O–H groups in total. The highest BCUT2D eigenvalue weighted by Gasteiger charge is 2.50. The van der Waals surface area contributed by atoms with Gasteiger partial charge in [-0.2, -0.15) is 0 Å². The summed E-state index contributed by atoms with van der Waals surface area (Å²) in [5, 5.41) is 31.5. The van der Waals surface area contributed by atoms with E-state index >= 15 is 0 Å². The van der Waals surface area contributed by atoms with Crippen LogP contribution in [0.2, 0.25) is 0 Å². The number of esters is 3. The van der Waals surface area contributed by atoms with Crippen LogP contribution in [0.3, 0.4) is 0 Å². The molecule has 6 atom stereocenters. The Morgan fingerprint density at radius 3 is 1.17 bits per heavy atom. The van der Waals surface area contributed by atoms with E-state index in [2.05, 4.69) is 179 Å². The van der Waals surface area contributed by atoms with Gasteiger partial charge in [-0.05, 0) is 135 Å². The number of unbranched alkanes of at least 4 members (excludes halogenated alkanes) is 5. The number of aliphatic hydroxyl groups is 2. The number of carbonyl (C=O) groups excluding carboxylic acids is 3. The summed E-state index contributed by atoms with van der Waals surface area (Å²) in [4.78, 5) is 51.2. The molecule has 1 fully saturated rings. The van der Waals surface area contributed by atoms with E-state index in [0.717, 1.165) is 116 Å². The Bertz CT molecular complexity index is 2140. The zero-order valence-electron chi connectivity index (χ0n) is 50.6. The molecule has 6 unspecified atom stereocenters. The number of carboxylic acid groups (broad SMARTS) is 1. The molecule has 0 aliphatic carbocycles. The second-order valence-corrected chi connectivity index (χ2v) is 19.8. The molecule has 1 aliphatic rings. The zero-order chi connectivity index (χ0) is 60.3. The number of allylic oxidation sites excluding steroid dienone is 30. The van der Waals surface area contributed by atoms with Crippen LogP contribution < -0.4 is 0 Å². The van der Waals surface area contributed by atoms with Gasteiger partial charge in [0.05, 0.1) is 6.61 Å². The lowest BCUT2D eigenvalue weighted by atomic mass is 9.98. The predicted molar refractivity (Wildman–Crippen MR) is 339 cm³/mol. The summed E-state index contributed by atoms with van der Waals surface area (Å²) < 4.78 is 28.3. The third-order valence-corrected chi connectivity index (χ3v) is 12.5. The molecule has 0 aromatic heterocycles. The van der Waals surface area contributed by atoms with Crippen LogP contribution >= 0.6 is 0 Å². The standard InChI is InChI=1S/C71H104O12/c1-4-7-10-13-16-19-22-25-28-31-32-35-36-39-42-45-48-51-54-57-63(72)79-60-62(81-64(73)58-55-52-49-46-43-40-37-33-29-26-23-20-17-14-11-8-5-2)61-80-71-69(67(76)66(75)68(83-71)70(77)78)82-65(74)59-56-53-50-47-44-41-38-34-30-27-24-21-18-15-12-9-6-3/h7-12,16-21,25-30,32,35,37-42,46,48-49,51,62,66-69,71,75-76H,4-6,13-15,22-24,31,33-34,36,43-45,47,50,52-61H2,1-3H3,(H,77,78)/b10-7-,11-8-,12-9-,19-16-,20-17-,21-18-,28-25-,29-26-,30-27-,35-32-,40-37-,41-38-,42-39-,49-46-,51-48-. The van der Waals surface area contributed by atoms with Gasteiger partial charge in [-0.3, -0.25) is 14.4 Å². The van der Waals surface area contributed by atoms with E-state index in [9.17, 15) is 34.5 Å². The number of carboxylic acids is 1. The molecule has 0 aromatic rings. The van der Waals surface area contributed by atoms with Crippen LogP contribution in [0.1, 0.15) is 188 Å². The summed E-state index contributed by atoms with van der Waals surface area (Å²) in [6, 6.07) is 0. The van der Waals surface area contributed by atoms with Gasteiger partial charge in [0.2, 0.25) is 0 Å². The maximum absolute atomic E-state index is 13.2. The highest BCUT2D eigenvalue weighted by atomic mass is 16.7. The molecule has 83 heavy (non-hydrogen) atoms. The van der Waals surface area contributed by atoms with Crippen molar-refractivity contribution in [3.05, 3.63) is 182 Å². The molecule has 1 aliphatic heterocycles. The summed E-state index contributed by atoms with van der Waals surface area (Å²) in [6.07, 6.45) is 73.0. The van der Waals surface area contributed by atoms with Crippen LogP contribution in [0.15, 0.2) is 182 Å². The maximum Gasteiger partial charge on any atom is 0.335 e. The van der Waals surface area contributed by atoms with Crippen molar-refractivity contribution in [3.8, 4) is 0 Å². The van der Waals surface area contributed by atoms with E-state index in [0.29, 0.717) is 32.1 Å². The Labute approximate surface area is 500 Å². The first kappa shape index (κ1) is 74.8. The quantitative estimate of drug-likeness (QED) is 0.0228. The average Bonchev–Trinajstić information content (AvgIpc) is 3.59. The van der Waals surface area contributed by atoms with Crippen LogP contribution in [-0.2, 0) is 42.9 Å². The lowest BCUT2D eigenvalue weighted by Gasteiger charge is -2.40. The molecule has 0 aromatic carbocycles. The lowest BCUT2D eigenvalue weighted by Crippen LogP contribution is -2.61.